The van der Waals surface area contributed by atoms with Crippen molar-refractivity contribution < 1.29 is 14.3 Å². The van der Waals surface area contributed by atoms with Crippen molar-refractivity contribution in [2.75, 3.05) is 26.2 Å². The number of hydrogen-bond acceptors (Lipinski definition) is 3. The van der Waals surface area contributed by atoms with E-state index in [4.69, 9.17) is 4.74 Å². The Labute approximate surface area is 195 Å². The first-order valence-electron chi connectivity index (χ1n) is 11.8. The molecule has 0 aliphatic carbocycles. The Bertz CT molecular complexity index is 1070. The Hall–Kier alpha value is -3.18. The minimum absolute atomic E-state index is 0.0364. The van der Waals surface area contributed by atoms with Crippen LogP contribution in [0.5, 0.6) is 0 Å². The van der Waals surface area contributed by atoms with Crippen molar-refractivity contribution in [2.45, 2.75) is 32.3 Å². The number of carbonyl (C=O) groups excluding carboxylic acids is 2. The number of fused-ring (bicyclic) bond motifs is 1. The van der Waals surface area contributed by atoms with Gasteiger partial charge in [-0.1, -0.05) is 66.7 Å². The van der Waals surface area contributed by atoms with Gasteiger partial charge in [0.05, 0.1) is 6.10 Å². The van der Waals surface area contributed by atoms with Crippen molar-refractivity contribution in [1.82, 2.24) is 10.2 Å². The first kappa shape index (κ1) is 23.0. The number of hydrogen-bond donors (Lipinski definition) is 1. The predicted molar refractivity (Wildman–Crippen MR) is 131 cm³/mol. The van der Waals surface area contributed by atoms with E-state index in [1.54, 1.807) is 0 Å². The van der Waals surface area contributed by atoms with Crippen LogP contribution in [0.4, 0.5) is 0 Å². The predicted octanol–water partition coefficient (Wildman–Crippen LogP) is 4.98. The van der Waals surface area contributed by atoms with Gasteiger partial charge in [-0.15, -0.1) is 0 Å². The second-order valence-electron chi connectivity index (χ2n) is 8.66. The van der Waals surface area contributed by atoms with Gasteiger partial charge in [-0.05, 0) is 48.6 Å². The second-order valence-corrected chi connectivity index (χ2v) is 8.66. The van der Waals surface area contributed by atoms with Gasteiger partial charge in [-0.25, -0.2) is 0 Å². The molecule has 1 saturated heterocycles. The highest BCUT2D eigenvalue weighted by Gasteiger charge is 2.28. The molecule has 1 unspecified atom stereocenters. The number of rotatable bonds is 8. The fraction of sp³-hybridized carbons (Fsp3) is 0.357. The second kappa shape index (κ2) is 11.1. The van der Waals surface area contributed by atoms with Crippen molar-refractivity contribution >= 4 is 22.6 Å². The highest BCUT2D eigenvalue weighted by Crippen LogP contribution is 2.24. The van der Waals surface area contributed by atoms with Crippen LogP contribution in [0.3, 0.4) is 0 Å². The number of nitrogens with one attached hydrogen (secondary N) is 1. The minimum Gasteiger partial charge on any atom is -0.374 e. The van der Waals surface area contributed by atoms with E-state index in [2.05, 4.69) is 17.4 Å². The maximum absolute atomic E-state index is 13.1. The van der Waals surface area contributed by atoms with E-state index >= 15 is 0 Å². The molecule has 33 heavy (non-hydrogen) atoms. The summed E-state index contributed by atoms with van der Waals surface area (Å²) in [4.78, 5) is 27.6. The normalized spacial score (nSPS) is 15.4. The zero-order valence-corrected chi connectivity index (χ0v) is 19.2. The van der Waals surface area contributed by atoms with Gasteiger partial charge < -0.3 is 15.0 Å². The van der Waals surface area contributed by atoms with Crippen LogP contribution >= 0.6 is 0 Å². The zero-order chi connectivity index (χ0) is 23.0. The topological polar surface area (TPSA) is 58.6 Å². The third-order valence-corrected chi connectivity index (χ3v) is 6.43. The molecule has 1 fully saturated rings. The molecule has 2 amide bonds. The third-order valence-electron chi connectivity index (χ3n) is 6.43. The summed E-state index contributed by atoms with van der Waals surface area (Å²) in [7, 11) is 0. The van der Waals surface area contributed by atoms with Crippen molar-refractivity contribution in [3.05, 3.63) is 83.9 Å². The largest absolute Gasteiger partial charge is 0.374 e. The lowest BCUT2D eigenvalue weighted by Crippen LogP contribution is -2.43. The standard InChI is InChI=1S/C28H32N2O3/c1-21(22-9-3-2-4-10-22)33-20-8-17-29-27(31)24-15-18-30(19-16-24)28(32)26-14-7-12-23-11-5-6-13-25(23)26/h2-7,9-14,21,24H,8,15-20H2,1H3,(H,29,31). The van der Waals surface area contributed by atoms with E-state index in [9.17, 15) is 9.59 Å². The van der Waals surface area contributed by atoms with Crippen LogP contribution in [0.1, 0.15) is 48.2 Å². The Morgan fingerprint density at radius 1 is 0.970 bits per heavy atom. The molecule has 0 radical (unpaired) electrons. The minimum atomic E-state index is -0.0364. The first-order chi connectivity index (χ1) is 16.1. The molecule has 0 spiro atoms. The van der Waals surface area contributed by atoms with Crippen molar-refractivity contribution in [3.63, 3.8) is 0 Å². The zero-order valence-electron chi connectivity index (χ0n) is 19.2. The lowest BCUT2D eigenvalue weighted by Gasteiger charge is -2.31. The highest BCUT2D eigenvalue weighted by atomic mass is 16.5. The van der Waals surface area contributed by atoms with Crippen LogP contribution in [0.2, 0.25) is 0 Å². The number of likely N-dealkylation sites (tertiary alicyclic amines) is 1. The summed E-state index contributed by atoms with van der Waals surface area (Å²) >= 11 is 0. The molecule has 1 aliphatic heterocycles. The summed E-state index contributed by atoms with van der Waals surface area (Å²) in [6, 6.07) is 23.9. The van der Waals surface area contributed by atoms with E-state index in [0.717, 1.165) is 28.3 Å². The molecule has 4 rings (SSSR count). The van der Waals surface area contributed by atoms with Gasteiger partial charge in [-0.3, -0.25) is 9.59 Å². The van der Waals surface area contributed by atoms with Gasteiger partial charge >= 0.3 is 0 Å². The average Bonchev–Trinajstić information content (AvgIpc) is 2.88. The lowest BCUT2D eigenvalue weighted by molar-refractivity contribution is -0.126. The molecule has 3 aromatic rings. The van der Waals surface area contributed by atoms with Gasteiger partial charge in [-0.2, -0.15) is 0 Å². The van der Waals surface area contributed by atoms with E-state index in [1.807, 2.05) is 72.5 Å². The number of piperidine rings is 1. The molecule has 1 aliphatic rings. The van der Waals surface area contributed by atoms with Gasteiger partial charge in [0, 0.05) is 37.7 Å². The summed E-state index contributed by atoms with van der Waals surface area (Å²) in [5.74, 6) is 0.101. The van der Waals surface area contributed by atoms with Gasteiger partial charge in [0.1, 0.15) is 0 Å². The fourth-order valence-electron chi connectivity index (χ4n) is 4.44. The number of benzene rings is 3. The van der Waals surface area contributed by atoms with Crippen molar-refractivity contribution in [3.8, 4) is 0 Å². The van der Waals surface area contributed by atoms with Crippen LogP contribution in [-0.4, -0.2) is 43.0 Å². The van der Waals surface area contributed by atoms with Gasteiger partial charge in [0.25, 0.3) is 5.91 Å². The third kappa shape index (κ3) is 5.79. The smallest absolute Gasteiger partial charge is 0.254 e. The first-order valence-corrected chi connectivity index (χ1v) is 11.8. The summed E-state index contributed by atoms with van der Waals surface area (Å²) in [6.45, 7) is 4.47. The fourth-order valence-corrected chi connectivity index (χ4v) is 4.44. The molecule has 0 bridgehead atoms. The molecule has 1 heterocycles. The SMILES string of the molecule is CC(OCCCNC(=O)C1CCN(C(=O)c2cccc3ccccc23)CC1)c1ccccc1. The maximum atomic E-state index is 13.1. The monoisotopic (exact) mass is 444 g/mol. The van der Waals surface area contributed by atoms with Crippen LogP contribution in [0, 0.1) is 5.92 Å². The summed E-state index contributed by atoms with van der Waals surface area (Å²) < 4.78 is 5.87. The Morgan fingerprint density at radius 3 is 2.45 bits per heavy atom. The van der Waals surface area contributed by atoms with E-state index < -0.39 is 0 Å². The molecule has 1 atom stereocenters. The molecular formula is C28H32N2O3. The number of carbonyl (C=O) groups is 2. The van der Waals surface area contributed by atoms with Crippen LogP contribution < -0.4 is 5.32 Å². The Kier molecular flexibility index (Phi) is 7.74. The lowest BCUT2D eigenvalue weighted by atomic mass is 9.95. The van der Waals surface area contributed by atoms with Gasteiger partial charge in [0.2, 0.25) is 5.91 Å². The Balaban J connectivity index is 1.19. The molecule has 5 nitrogen and oxygen atoms in total. The van der Waals surface area contributed by atoms with E-state index in [0.29, 0.717) is 39.1 Å². The molecule has 5 heteroatoms. The van der Waals surface area contributed by atoms with Crippen LogP contribution in [0.25, 0.3) is 10.8 Å². The maximum Gasteiger partial charge on any atom is 0.254 e. The van der Waals surface area contributed by atoms with Crippen molar-refractivity contribution in [2.24, 2.45) is 5.92 Å². The molecule has 1 N–H and O–H groups in total. The number of amides is 2. The summed E-state index contributed by atoms with van der Waals surface area (Å²) in [5.41, 5.74) is 1.90. The molecule has 172 valence electrons. The molecular weight excluding hydrogens is 412 g/mol. The highest BCUT2D eigenvalue weighted by molar-refractivity contribution is 6.07. The Morgan fingerprint density at radius 2 is 1.67 bits per heavy atom. The molecule has 3 aromatic carbocycles. The number of nitrogens with zero attached hydrogens (tertiary/aromatic N) is 1. The summed E-state index contributed by atoms with van der Waals surface area (Å²) in [5, 5.41) is 5.09. The van der Waals surface area contributed by atoms with Gasteiger partial charge in [0.15, 0.2) is 0 Å². The average molecular weight is 445 g/mol. The van der Waals surface area contributed by atoms with E-state index in [-0.39, 0.29) is 23.8 Å². The summed E-state index contributed by atoms with van der Waals surface area (Å²) in [6.07, 6.45) is 2.22. The quantitative estimate of drug-likeness (QED) is 0.499. The van der Waals surface area contributed by atoms with E-state index in [1.165, 1.54) is 0 Å². The molecule has 0 saturated carbocycles. The van der Waals surface area contributed by atoms with Crippen molar-refractivity contribution in [1.29, 1.82) is 0 Å². The number of ether oxygens (including phenoxy) is 1. The van der Waals surface area contributed by atoms with Crippen LogP contribution in [-0.2, 0) is 9.53 Å². The molecule has 0 aromatic heterocycles. The van der Waals surface area contributed by atoms with Crippen LogP contribution in [0.15, 0.2) is 72.8 Å².